The van der Waals surface area contributed by atoms with Crippen LogP contribution in [0.1, 0.15) is 29.3 Å². The zero-order chi connectivity index (χ0) is 21.2. The third-order valence-electron chi connectivity index (χ3n) is 4.42. The summed E-state index contributed by atoms with van der Waals surface area (Å²) in [5, 5.41) is 7.94. The summed E-state index contributed by atoms with van der Waals surface area (Å²) in [7, 11) is 0. The van der Waals surface area contributed by atoms with Crippen molar-refractivity contribution in [3.8, 4) is 0 Å². The third-order valence-corrected chi connectivity index (χ3v) is 5.09. The zero-order valence-electron chi connectivity index (χ0n) is 14.8. The lowest BCUT2D eigenvalue weighted by Gasteiger charge is -2.31. The molecule has 2 atom stereocenters. The molecule has 10 heteroatoms. The van der Waals surface area contributed by atoms with Crippen LogP contribution in [-0.4, -0.2) is 17.9 Å². The Morgan fingerprint density at radius 2 is 1.76 bits per heavy atom. The van der Waals surface area contributed by atoms with E-state index < -0.39 is 29.9 Å². The monoisotopic (exact) mass is 445 g/mol. The van der Waals surface area contributed by atoms with Gasteiger partial charge in [-0.05, 0) is 17.7 Å². The first-order valence-corrected chi connectivity index (χ1v) is 9.34. The molecule has 3 N–H and O–H groups in total. The van der Waals surface area contributed by atoms with Gasteiger partial charge in [0.25, 0.3) is 0 Å². The molecular formula is C19H16Cl2F3N3O2. The molecule has 1 fully saturated rings. The number of nitrogens with one attached hydrogen (secondary N) is 3. The van der Waals surface area contributed by atoms with Gasteiger partial charge in [0.05, 0.1) is 18.0 Å². The van der Waals surface area contributed by atoms with Gasteiger partial charge in [0.2, 0.25) is 11.8 Å². The molecule has 154 valence electrons. The summed E-state index contributed by atoms with van der Waals surface area (Å²) in [5.41, 5.74) is -0.0272. The molecule has 2 unspecified atom stereocenters. The Hall–Kier alpha value is -2.29. The topological polar surface area (TPSA) is 70.2 Å². The number of hydrogen-bond donors (Lipinski definition) is 3. The van der Waals surface area contributed by atoms with Gasteiger partial charge in [-0.3, -0.25) is 14.9 Å². The van der Waals surface area contributed by atoms with Crippen molar-refractivity contribution in [2.45, 2.75) is 31.3 Å². The van der Waals surface area contributed by atoms with E-state index in [0.717, 1.165) is 17.7 Å². The molecular weight excluding hydrogens is 430 g/mol. The smallest absolute Gasteiger partial charge is 0.351 e. The lowest BCUT2D eigenvalue weighted by Crippen LogP contribution is -2.56. The van der Waals surface area contributed by atoms with Crippen molar-refractivity contribution < 1.29 is 22.8 Å². The molecule has 29 heavy (non-hydrogen) atoms. The Balaban J connectivity index is 1.68. The number of carbonyl (C=O) groups excluding carboxylic acids is 2. The second-order valence-corrected chi connectivity index (χ2v) is 7.28. The molecule has 0 bridgehead atoms. The molecule has 0 radical (unpaired) electrons. The maximum absolute atomic E-state index is 12.8. The van der Waals surface area contributed by atoms with Crippen LogP contribution in [-0.2, 0) is 22.3 Å². The van der Waals surface area contributed by atoms with Crippen LogP contribution in [0, 0.1) is 0 Å². The first-order chi connectivity index (χ1) is 13.6. The van der Waals surface area contributed by atoms with Gasteiger partial charge in [-0.1, -0.05) is 53.5 Å². The molecule has 0 saturated carbocycles. The van der Waals surface area contributed by atoms with Crippen LogP contribution in [0.3, 0.4) is 0 Å². The number of benzene rings is 2. The molecule has 2 amide bonds. The van der Waals surface area contributed by atoms with Gasteiger partial charge in [-0.15, -0.1) is 0 Å². The number of hydrogen-bond acceptors (Lipinski definition) is 3. The van der Waals surface area contributed by atoms with E-state index in [1.54, 1.807) is 12.1 Å². The van der Waals surface area contributed by atoms with Crippen LogP contribution in [0.15, 0.2) is 42.5 Å². The maximum Gasteiger partial charge on any atom is 0.416 e. The van der Waals surface area contributed by atoms with E-state index in [1.165, 1.54) is 0 Å². The van der Waals surface area contributed by atoms with Crippen LogP contribution in [0.2, 0.25) is 10.0 Å². The highest BCUT2D eigenvalue weighted by Gasteiger charge is 2.33. The molecule has 1 saturated heterocycles. The van der Waals surface area contributed by atoms with Crippen LogP contribution >= 0.6 is 23.2 Å². The van der Waals surface area contributed by atoms with Crippen molar-refractivity contribution in [2.75, 3.05) is 0 Å². The minimum absolute atomic E-state index is 0.0797. The molecule has 2 aromatic carbocycles. The van der Waals surface area contributed by atoms with Gasteiger partial charge in [0, 0.05) is 22.2 Å². The van der Waals surface area contributed by atoms with E-state index in [-0.39, 0.29) is 34.5 Å². The van der Waals surface area contributed by atoms with Crippen molar-refractivity contribution in [1.29, 1.82) is 0 Å². The number of alkyl halides is 3. The van der Waals surface area contributed by atoms with Crippen LogP contribution < -0.4 is 16.0 Å². The van der Waals surface area contributed by atoms with Gasteiger partial charge in [-0.2, -0.15) is 13.2 Å². The highest BCUT2D eigenvalue weighted by atomic mass is 35.5. The zero-order valence-corrected chi connectivity index (χ0v) is 16.3. The van der Waals surface area contributed by atoms with Crippen molar-refractivity contribution in [1.82, 2.24) is 16.0 Å². The summed E-state index contributed by atoms with van der Waals surface area (Å²) in [4.78, 5) is 24.5. The fourth-order valence-electron chi connectivity index (χ4n) is 2.93. The largest absolute Gasteiger partial charge is 0.416 e. The molecule has 1 aliphatic heterocycles. The molecule has 2 aromatic rings. The molecule has 1 heterocycles. The highest BCUT2D eigenvalue weighted by Crippen LogP contribution is 2.35. The van der Waals surface area contributed by atoms with Gasteiger partial charge in [-0.25, -0.2) is 0 Å². The fourth-order valence-corrected chi connectivity index (χ4v) is 3.56. The van der Waals surface area contributed by atoms with Crippen molar-refractivity contribution in [3.63, 3.8) is 0 Å². The lowest BCUT2D eigenvalue weighted by atomic mass is 10.0. The summed E-state index contributed by atoms with van der Waals surface area (Å²) >= 11 is 11.8. The Labute approximate surface area is 174 Å². The lowest BCUT2D eigenvalue weighted by molar-refractivity contribution is -0.137. The van der Waals surface area contributed by atoms with Crippen LogP contribution in [0.25, 0.3) is 0 Å². The Kier molecular flexibility index (Phi) is 6.36. The molecule has 0 spiro atoms. The van der Waals surface area contributed by atoms with Gasteiger partial charge < -0.3 is 10.6 Å². The fraction of sp³-hybridized carbons (Fsp3) is 0.263. The summed E-state index contributed by atoms with van der Waals surface area (Å²) < 4.78 is 38.5. The number of halogens is 5. The molecule has 5 nitrogen and oxygen atoms in total. The summed E-state index contributed by atoms with van der Waals surface area (Å²) in [6.45, 7) is -0.176. The second-order valence-electron chi connectivity index (χ2n) is 6.47. The van der Waals surface area contributed by atoms with E-state index in [4.69, 9.17) is 23.2 Å². The molecule has 3 rings (SSSR count). The predicted octanol–water partition coefficient (Wildman–Crippen LogP) is 3.81. The number of rotatable bonds is 4. The summed E-state index contributed by atoms with van der Waals surface area (Å²) in [6.07, 6.45) is -5.20. The SMILES string of the molecule is O=C1CC(C(=O)NCc2c(Cl)cc(C(F)(F)F)cc2Cl)NC(c2ccccc2)N1. The average Bonchev–Trinajstić information content (AvgIpc) is 2.66. The highest BCUT2D eigenvalue weighted by molar-refractivity contribution is 6.36. The van der Waals surface area contributed by atoms with Gasteiger partial charge in [0.1, 0.15) is 6.17 Å². The third kappa shape index (κ3) is 5.20. The summed E-state index contributed by atoms with van der Waals surface area (Å²) in [5.74, 6) is -0.795. The molecule has 0 aliphatic carbocycles. The van der Waals surface area contributed by atoms with Gasteiger partial charge >= 0.3 is 6.18 Å². The van der Waals surface area contributed by atoms with Gasteiger partial charge in [0.15, 0.2) is 0 Å². The van der Waals surface area contributed by atoms with E-state index in [2.05, 4.69) is 16.0 Å². The minimum Gasteiger partial charge on any atom is -0.351 e. The van der Waals surface area contributed by atoms with Crippen LogP contribution in [0.4, 0.5) is 13.2 Å². The Bertz CT molecular complexity index is 900. The predicted molar refractivity (Wildman–Crippen MR) is 102 cm³/mol. The Morgan fingerprint density at radius 1 is 1.14 bits per heavy atom. The van der Waals surface area contributed by atoms with E-state index in [1.807, 2.05) is 18.2 Å². The first kappa shape index (κ1) is 21.4. The number of carbonyl (C=O) groups is 2. The molecule has 0 aromatic heterocycles. The quantitative estimate of drug-likeness (QED) is 0.670. The van der Waals surface area contributed by atoms with Crippen molar-refractivity contribution in [3.05, 3.63) is 69.2 Å². The second kappa shape index (κ2) is 8.61. The summed E-state index contributed by atoms with van der Waals surface area (Å²) in [6, 6.07) is 9.75. The van der Waals surface area contributed by atoms with Crippen molar-refractivity contribution >= 4 is 35.0 Å². The van der Waals surface area contributed by atoms with Crippen LogP contribution in [0.5, 0.6) is 0 Å². The normalized spacial score (nSPS) is 19.6. The average molecular weight is 446 g/mol. The van der Waals surface area contributed by atoms with E-state index in [9.17, 15) is 22.8 Å². The first-order valence-electron chi connectivity index (χ1n) is 8.58. The number of amides is 2. The van der Waals surface area contributed by atoms with Crippen molar-refractivity contribution in [2.24, 2.45) is 0 Å². The van der Waals surface area contributed by atoms with E-state index >= 15 is 0 Å². The van der Waals surface area contributed by atoms with E-state index in [0.29, 0.717) is 0 Å². The Morgan fingerprint density at radius 3 is 2.34 bits per heavy atom. The minimum atomic E-state index is -4.58. The standard InChI is InChI=1S/C19H16Cl2F3N3O2/c20-13-6-11(19(22,23)24)7-14(21)12(13)9-25-18(29)15-8-16(28)27-17(26-15)10-4-2-1-3-5-10/h1-7,15,17,26H,8-9H2,(H,25,29)(H,27,28). The molecule has 1 aliphatic rings. The maximum atomic E-state index is 12.8.